The number of rotatable bonds is 3. The van der Waals surface area contributed by atoms with Gasteiger partial charge in [-0.15, -0.1) is 0 Å². The molecule has 98 valence electrons. The number of carboxylic acids is 1. The lowest BCUT2D eigenvalue weighted by Crippen LogP contribution is -1.97. The second-order valence-corrected chi connectivity index (χ2v) is 5.78. The Bertz CT molecular complexity index is 649. The fourth-order valence-electron chi connectivity index (χ4n) is 1.27. The standard InChI is InChI=1S/C12H6Cl3NO2S/c13-8-2-1-7(4-9(8)14)19-11-10(15)3-6(5-16-11)12(17)18/h1-5H,(H,17,18). The predicted molar refractivity (Wildman–Crippen MR) is 76.8 cm³/mol. The molecular formula is C12H6Cl3NO2S. The number of pyridine rings is 1. The SMILES string of the molecule is O=C(O)c1cnc(Sc2ccc(Cl)c(Cl)c2)c(Cl)c1. The minimum Gasteiger partial charge on any atom is -0.478 e. The molecule has 0 aliphatic carbocycles. The van der Waals surface area contributed by atoms with Crippen LogP contribution in [0.3, 0.4) is 0 Å². The molecule has 0 radical (unpaired) electrons. The molecule has 0 bridgehead atoms. The van der Waals surface area contributed by atoms with E-state index < -0.39 is 5.97 Å². The molecule has 0 saturated heterocycles. The largest absolute Gasteiger partial charge is 0.478 e. The maximum absolute atomic E-state index is 10.8. The highest BCUT2D eigenvalue weighted by molar-refractivity contribution is 7.99. The van der Waals surface area contributed by atoms with Crippen LogP contribution in [0.25, 0.3) is 0 Å². The number of aromatic nitrogens is 1. The van der Waals surface area contributed by atoms with Gasteiger partial charge in [-0.3, -0.25) is 0 Å². The Balaban J connectivity index is 2.28. The first kappa shape index (κ1) is 14.5. The average molecular weight is 335 g/mol. The molecule has 19 heavy (non-hydrogen) atoms. The van der Waals surface area contributed by atoms with Gasteiger partial charge in [0.2, 0.25) is 0 Å². The second-order valence-electron chi connectivity index (χ2n) is 3.49. The number of hydrogen-bond acceptors (Lipinski definition) is 3. The van der Waals surface area contributed by atoms with Crippen LogP contribution in [0.4, 0.5) is 0 Å². The van der Waals surface area contributed by atoms with E-state index in [2.05, 4.69) is 4.98 Å². The molecule has 0 saturated carbocycles. The Morgan fingerprint density at radius 1 is 1.11 bits per heavy atom. The van der Waals surface area contributed by atoms with Crippen molar-refractivity contribution in [3.8, 4) is 0 Å². The van der Waals surface area contributed by atoms with E-state index in [0.717, 1.165) is 4.90 Å². The Hall–Kier alpha value is -0.940. The summed E-state index contributed by atoms with van der Waals surface area (Å²) in [5, 5.41) is 10.5. The molecule has 2 rings (SSSR count). The van der Waals surface area contributed by atoms with Crippen LogP contribution in [0, 0.1) is 0 Å². The first-order valence-corrected chi connectivity index (χ1v) is 6.94. The molecule has 0 unspecified atom stereocenters. The maximum Gasteiger partial charge on any atom is 0.337 e. The molecule has 1 heterocycles. The smallest absolute Gasteiger partial charge is 0.337 e. The van der Waals surface area contributed by atoms with E-state index in [-0.39, 0.29) is 10.6 Å². The minimum absolute atomic E-state index is 0.0449. The van der Waals surface area contributed by atoms with Crippen LogP contribution in [-0.2, 0) is 0 Å². The van der Waals surface area contributed by atoms with Gasteiger partial charge in [0.25, 0.3) is 0 Å². The molecule has 7 heteroatoms. The number of nitrogens with zero attached hydrogens (tertiary/aromatic N) is 1. The van der Waals surface area contributed by atoms with E-state index in [1.807, 2.05) is 0 Å². The van der Waals surface area contributed by atoms with Crippen LogP contribution in [0.1, 0.15) is 10.4 Å². The fraction of sp³-hybridized carbons (Fsp3) is 0. The zero-order chi connectivity index (χ0) is 14.0. The summed E-state index contributed by atoms with van der Waals surface area (Å²) in [6.07, 6.45) is 1.26. The molecule has 1 aromatic carbocycles. The summed E-state index contributed by atoms with van der Waals surface area (Å²) < 4.78 is 0. The van der Waals surface area contributed by atoms with Gasteiger partial charge < -0.3 is 5.11 Å². The van der Waals surface area contributed by atoms with Gasteiger partial charge in [-0.2, -0.15) is 0 Å². The normalized spacial score (nSPS) is 10.5. The second kappa shape index (κ2) is 6.01. The molecule has 0 atom stereocenters. The summed E-state index contributed by atoms with van der Waals surface area (Å²) in [5.41, 5.74) is 0.0449. The summed E-state index contributed by atoms with van der Waals surface area (Å²) >= 11 is 19.0. The van der Waals surface area contributed by atoms with Crippen molar-refractivity contribution in [2.24, 2.45) is 0 Å². The molecule has 3 nitrogen and oxygen atoms in total. The zero-order valence-electron chi connectivity index (χ0n) is 9.23. The van der Waals surface area contributed by atoms with Crippen molar-refractivity contribution >= 4 is 52.5 Å². The Morgan fingerprint density at radius 3 is 2.42 bits per heavy atom. The van der Waals surface area contributed by atoms with Crippen LogP contribution >= 0.6 is 46.6 Å². The van der Waals surface area contributed by atoms with Crippen LogP contribution in [-0.4, -0.2) is 16.1 Å². The average Bonchev–Trinajstić information content (AvgIpc) is 2.36. The third kappa shape index (κ3) is 3.54. The van der Waals surface area contributed by atoms with E-state index in [1.54, 1.807) is 18.2 Å². The summed E-state index contributed by atoms with van der Waals surface area (Å²) in [5.74, 6) is -1.07. The van der Waals surface area contributed by atoms with Crippen molar-refractivity contribution in [1.82, 2.24) is 4.98 Å². The number of carbonyl (C=O) groups is 1. The highest BCUT2D eigenvalue weighted by Gasteiger charge is 2.10. The number of benzene rings is 1. The molecular weight excluding hydrogens is 329 g/mol. The number of hydrogen-bond donors (Lipinski definition) is 1. The van der Waals surface area contributed by atoms with Gasteiger partial charge in [0.05, 0.1) is 20.6 Å². The topological polar surface area (TPSA) is 50.2 Å². The van der Waals surface area contributed by atoms with Crippen LogP contribution in [0.5, 0.6) is 0 Å². The van der Waals surface area contributed by atoms with Gasteiger partial charge in [-0.25, -0.2) is 9.78 Å². The van der Waals surface area contributed by atoms with Gasteiger partial charge in [-0.05, 0) is 24.3 Å². The third-order valence-corrected chi connectivity index (χ3v) is 4.31. The number of aromatic carboxylic acids is 1. The van der Waals surface area contributed by atoms with Crippen molar-refractivity contribution in [2.45, 2.75) is 9.92 Å². The van der Waals surface area contributed by atoms with Gasteiger partial charge in [-0.1, -0.05) is 46.6 Å². The van der Waals surface area contributed by atoms with Crippen molar-refractivity contribution in [2.75, 3.05) is 0 Å². The molecule has 0 amide bonds. The lowest BCUT2D eigenvalue weighted by Gasteiger charge is -2.05. The molecule has 0 aliphatic heterocycles. The highest BCUT2D eigenvalue weighted by atomic mass is 35.5. The molecule has 1 aromatic heterocycles. The lowest BCUT2D eigenvalue weighted by atomic mass is 10.3. The first-order chi connectivity index (χ1) is 8.97. The van der Waals surface area contributed by atoms with Gasteiger partial charge in [0, 0.05) is 11.1 Å². The van der Waals surface area contributed by atoms with Crippen molar-refractivity contribution < 1.29 is 9.90 Å². The number of carboxylic acid groups (broad SMARTS) is 1. The molecule has 1 N–H and O–H groups in total. The van der Waals surface area contributed by atoms with Crippen molar-refractivity contribution in [3.05, 3.63) is 51.1 Å². The van der Waals surface area contributed by atoms with E-state index >= 15 is 0 Å². The van der Waals surface area contributed by atoms with Gasteiger partial charge >= 0.3 is 5.97 Å². The molecule has 0 aliphatic rings. The quantitative estimate of drug-likeness (QED) is 0.868. The van der Waals surface area contributed by atoms with Gasteiger partial charge in [0.15, 0.2) is 0 Å². The lowest BCUT2D eigenvalue weighted by molar-refractivity contribution is 0.0696. The highest BCUT2D eigenvalue weighted by Crippen LogP contribution is 2.34. The molecule has 0 fully saturated rings. The Labute approximate surface area is 128 Å². The predicted octanol–water partition coefficient (Wildman–Crippen LogP) is 4.89. The third-order valence-electron chi connectivity index (χ3n) is 2.16. The van der Waals surface area contributed by atoms with Gasteiger partial charge in [0.1, 0.15) is 5.03 Å². The van der Waals surface area contributed by atoms with E-state index in [1.165, 1.54) is 24.0 Å². The van der Waals surface area contributed by atoms with Crippen molar-refractivity contribution in [3.63, 3.8) is 0 Å². The van der Waals surface area contributed by atoms with E-state index in [9.17, 15) is 4.79 Å². The van der Waals surface area contributed by atoms with Crippen LogP contribution < -0.4 is 0 Å². The zero-order valence-corrected chi connectivity index (χ0v) is 12.3. The fourth-order valence-corrected chi connectivity index (χ4v) is 2.71. The Kier molecular flexibility index (Phi) is 4.58. The monoisotopic (exact) mass is 333 g/mol. The summed E-state index contributed by atoms with van der Waals surface area (Å²) in [4.78, 5) is 15.6. The summed E-state index contributed by atoms with van der Waals surface area (Å²) in [6.45, 7) is 0. The van der Waals surface area contributed by atoms with Crippen molar-refractivity contribution in [1.29, 1.82) is 0 Å². The summed E-state index contributed by atoms with van der Waals surface area (Å²) in [7, 11) is 0. The van der Waals surface area contributed by atoms with Crippen LogP contribution in [0.15, 0.2) is 40.4 Å². The molecule has 0 spiro atoms. The van der Waals surface area contributed by atoms with E-state index in [0.29, 0.717) is 15.1 Å². The first-order valence-electron chi connectivity index (χ1n) is 4.99. The number of halogens is 3. The van der Waals surface area contributed by atoms with E-state index in [4.69, 9.17) is 39.9 Å². The summed E-state index contributed by atoms with van der Waals surface area (Å²) in [6, 6.07) is 6.50. The Morgan fingerprint density at radius 2 is 1.84 bits per heavy atom. The minimum atomic E-state index is -1.07. The molecule has 2 aromatic rings. The van der Waals surface area contributed by atoms with Crippen LogP contribution in [0.2, 0.25) is 15.1 Å². The maximum atomic E-state index is 10.8.